The molecule has 0 amide bonds. The fourth-order valence-corrected chi connectivity index (χ4v) is 1.56. The van der Waals surface area contributed by atoms with E-state index in [9.17, 15) is 22.7 Å². The molecule has 0 aliphatic carbocycles. The van der Waals surface area contributed by atoms with Crippen molar-refractivity contribution < 1.29 is 22.7 Å². The first kappa shape index (κ1) is 14.0. The van der Waals surface area contributed by atoms with Gasteiger partial charge in [-0.25, -0.2) is 4.39 Å². The average molecular weight is 250 g/mol. The van der Waals surface area contributed by atoms with Crippen LogP contribution in [-0.2, 0) is 6.42 Å². The first-order chi connectivity index (χ1) is 7.88. The molecule has 1 rings (SSSR count). The third-order valence-electron chi connectivity index (χ3n) is 2.41. The van der Waals surface area contributed by atoms with Crippen molar-refractivity contribution in [2.45, 2.75) is 38.0 Å². The van der Waals surface area contributed by atoms with Crippen LogP contribution in [0.5, 0.6) is 0 Å². The van der Waals surface area contributed by atoms with Gasteiger partial charge in [-0.1, -0.05) is 18.2 Å². The molecule has 0 fully saturated rings. The highest BCUT2D eigenvalue weighted by Crippen LogP contribution is 2.23. The summed E-state index contributed by atoms with van der Waals surface area (Å²) in [5.41, 5.74) is 0.326. The van der Waals surface area contributed by atoms with Crippen LogP contribution in [0.25, 0.3) is 0 Å². The average Bonchev–Trinajstić information content (AvgIpc) is 2.19. The van der Waals surface area contributed by atoms with E-state index in [1.165, 1.54) is 18.2 Å². The van der Waals surface area contributed by atoms with Crippen molar-refractivity contribution in [3.63, 3.8) is 0 Å². The van der Waals surface area contributed by atoms with Crippen LogP contribution in [0.1, 0.15) is 24.8 Å². The van der Waals surface area contributed by atoms with Crippen molar-refractivity contribution in [1.82, 2.24) is 0 Å². The zero-order valence-corrected chi connectivity index (χ0v) is 9.17. The summed E-state index contributed by atoms with van der Waals surface area (Å²) in [4.78, 5) is 0. The van der Waals surface area contributed by atoms with Crippen LogP contribution < -0.4 is 0 Å². The fraction of sp³-hybridized carbons (Fsp3) is 0.500. The Morgan fingerprint density at radius 3 is 2.41 bits per heavy atom. The lowest BCUT2D eigenvalue weighted by atomic mass is 10.0. The zero-order chi connectivity index (χ0) is 12.9. The van der Waals surface area contributed by atoms with Crippen molar-refractivity contribution >= 4 is 0 Å². The van der Waals surface area contributed by atoms with Gasteiger partial charge in [-0.2, -0.15) is 13.2 Å². The highest BCUT2D eigenvalue weighted by molar-refractivity contribution is 5.17. The molecule has 1 aromatic rings. The molecule has 96 valence electrons. The molecular formula is C12H14F4O. The predicted molar refractivity (Wildman–Crippen MR) is 56.0 cm³/mol. The van der Waals surface area contributed by atoms with Crippen LogP contribution in [0.15, 0.2) is 24.3 Å². The van der Waals surface area contributed by atoms with Crippen LogP contribution in [0.4, 0.5) is 17.6 Å². The van der Waals surface area contributed by atoms with Gasteiger partial charge < -0.3 is 5.11 Å². The SMILES string of the molecule is OC(CCCC(F)(F)F)Cc1ccccc1F. The summed E-state index contributed by atoms with van der Waals surface area (Å²) in [6, 6.07) is 5.93. The van der Waals surface area contributed by atoms with E-state index in [0.717, 1.165) is 0 Å². The Bertz CT molecular complexity index is 349. The lowest BCUT2D eigenvalue weighted by molar-refractivity contribution is -0.136. The minimum Gasteiger partial charge on any atom is -0.393 e. The lowest BCUT2D eigenvalue weighted by Crippen LogP contribution is -2.14. The van der Waals surface area contributed by atoms with Crippen molar-refractivity contribution in [3.05, 3.63) is 35.6 Å². The molecule has 0 saturated heterocycles. The highest BCUT2D eigenvalue weighted by atomic mass is 19.4. The second-order valence-electron chi connectivity index (χ2n) is 3.96. The van der Waals surface area contributed by atoms with Crippen molar-refractivity contribution in [1.29, 1.82) is 0 Å². The number of aliphatic hydroxyl groups excluding tert-OH is 1. The van der Waals surface area contributed by atoms with E-state index in [1.54, 1.807) is 6.07 Å². The highest BCUT2D eigenvalue weighted by Gasteiger charge is 2.26. The quantitative estimate of drug-likeness (QED) is 0.793. The molecular weight excluding hydrogens is 236 g/mol. The molecule has 0 aliphatic heterocycles. The predicted octanol–water partition coefficient (Wildman–Crippen LogP) is 3.46. The molecule has 1 unspecified atom stereocenters. The van der Waals surface area contributed by atoms with Gasteiger partial charge in [0.15, 0.2) is 0 Å². The Hall–Kier alpha value is -1.10. The molecule has 17 heavy (non-hydrogen) atoms. The largest absolute Gasteiger partial charge is 0.393 e. The van der Waals surface area contributed by atoms with Crippen LogP contribution >= 0.6 is 0 Å². The summed E-state index contributed by atoms with van der Waals surface area (Å²) in [6.45, 7) is 0. The van der Waals surface area contributed by atoms with Gasteiger partial charge in [-0.05, 0) is 24.5 Å². The van der Waals surface area contributed by atoms with E-state index in [2.05, 4.69) is 0 Å². The summed E-state index contributed by atoms with van der Waals surface area (Å²) < 4.78 is 48.7. The van der Waals surface area contributed by atoms with Gasteiger partial charge in [-0.3, -0.25) is 0 Å². The molecule has 1 nitrogen and oxygen atoms in total. The van der Waals surface area contributed by atoms with E-state index < -0.39 is 24.5 Å². The van der Waals surface area contributed by atoms with Crippen LogP contribution in [0, 0.1) is 5.82 Å². The normalized spacial score (nSPS) is 13.7. The number of alkyl halides is 3. The monoisotopic (exact) mass is 250 g/mol. The summed E-state index contributed by atoms with van der Waals surface area (Å²) in [5, 5.41) is 9.49. The van der Waals surface area contributed by atoms with Crippen molar-refractivity contribution in [3.8, 4) is 0 Å². The van der Waals surface area contributed by atoms with Crippen molar-refractivity contribution in [2.24, 2.45) is 0 Å². The maximum atomic E-state index is 13.2. The van der Waals surface area contributed by atoms with E-state index in [4.69, 9.17) is 0 Å². The van der Waals surface area contributed by atoms with Crippen LogP contribution in [0.2, 0.25) is 0 Å². The molecule has 0 aromatic heterocycles. The summed E-state index contributed by atoms with van der Waals surface area (Å²) in [6.07, 6.45) is -6.12. The van der Waals surface area contributed by atoms with Gasteiger partial charge >= 0.3 is 6.18 Å². The van der Waals surface area contributed by atoms with Gasteiger partial charge in [0.05, 0.1) is 6.10 Å². The Labute approximate surface area is 97.1 Å². The maximum Gasteiger partial charge on any atom is 0.389 e. The second-order valence-corrected chi connectivity index (χ2v) is 3.96. The Kier molecular flexibility index (Phi) is 4.93. The topological polar surface area (TPSA) is 20.2 Å². The lowest BCUT2D eigenvalue weighted by Gasteiger charge is -2.12. The number of halogens is 4. The first-order valence-electron chi connectivity index (χ1n) is 5.37. The van der Waals surface area contributed by atoms with Gasteiger partial charge in [0, 0.05) is 12.8 Å². The summed E-state index contributed by atoms with van der Waals surface area (Å²) in [7, 11) is 0. The molecule has 1 aromatic carbocycles. The van der Waals surface area contributed by atoms with Gasteiger partial charge in [0.25, 0.3) is 0 Å². The van der Waals surface area contributed by atoms with E-state index in [1.807, 2.05) is 0 Å². The summed E-state index contributed by atoms with van der Waals surface area (Å²) in [5.74, 6) is -0.442. The van der Waals surface area contributed by atoms with Crippen LogP contribution in [-0.4, -0.2) is 17.4 Å². The Morgan fingerprint density at radius 1 is 1.18 bits per heavy atom. The standard InChI is InChI=1S/C12H14F4O/c13-11-6-2-1-4-9(11)8-10(17)5-3-7-12(14,15)16/h1-2,4,6,10,17H,3,5,7-8H2. The summed E-state index contributed by atoms with van der Waals surface area (Å²) >= 11 is 0. The van der Waals surface area contributed by atoms with Gasteiger partial charge in [-0.15, -0.1) is 0 Å². The molecule has 1 N–H and O–H groups in total. The van der Waals surface area contributed by atoms with E-state index in [0.29, 0.717) is 5.56 Å². The Morgan fingerprint density at radius 2 is 1.82 bits per heavy atom. The number of hydrogen-bond acceptors (Lipinski definition) is 1. The Balaban J connectivity index is 2.35. The van der Waals surface area contributed by atoms with Gasteiger partial charge in [0.2, 0.25) is 0 Å². The van der Waals surface area contributed by atoms with Crippen molar-refractivity contribution in [2.75, 3.05) is 0 Å². The molecule has 0 aliphatic rings. The second kappa shape index (κ2) is 6.00. The molecule has 1 atom stereocenters. The number of hydrogen-bond donors (Lipinski definition) is 1. The fourth-order valence-electron chi connectivity index (χ4n) is 1.56. The van der Waals surface area contributed by atoms with E-state index >= 15 is 0 Å². The molecule has 0 heterocycles. The number of rotatable bonds is 5. The molecule has 0 saturated carbocycles. The minimum atomic E-state index is -4.20. The molecule has 0 bridgehead atoms. The third kappa shape index (κ3) is 5.68. The molecule has 5 heteroatoms. The third-order valence-corrected chi connectivity index (χ3v) is 2.41. The maximum absolute atomic E-state index is 13.2. The zero-order valence-electron chi connectivity index (χ0n) is 9.17. The number of benzene rings is 1. The van der Waals surface area contributed by atoms with E-state index in [-0.39, 0.29) is 19.3 Å². The molecule has 0 spiro atoms. The van der Waals surface area contributed by atoms with Crippen LogP contribution in [0.3, 0.4) is 0 Å². The first-order valence-corrected chi connectivity index (χ1v) is 5.37. The number of aliphatic hydroxyl groups is 1. The van der Waals surface area contributed by atoms with Gasteiger partial charge in [0.1, 0.15) is 5.82 Å². The smallest absolute Gasteiger partial charge is 0.389 e. The minimum absolute atomic E-state index is 0.0217. The molecule has 0 radical (unpaired) electrons.